The van der Waals surface area contributed by atoms with Crippen LogP contribution in [-0.2, 0) is 14.3 Å². The molecule has 0 saturated carbocycles. The molecular formula is C34H38N2O3. The van der Waals surface area contributed by atoms with Crippen molar-refractivity contribution >= 4 is 5.91 Å². The van der Waals surface area contributed by atoms with Crippen molar-refractivity contribution in [1.29, 1.82) is 0 Å². The molecule has 0 spiro atoms. The normalized spacial score (nSPS) is 18.7. The van der Waals surface area contributed by atoms with E-state index in [4.69, 9.17) is 9.47 Å². The fourth-order valence-electron chi connectivity index (χ4n) is 5.71. The SMILES string of the molecule is COCC1CN(C(=O)COC(C2=CCCC=C2)c2ccccc2)CCN1C(c1ccccc1)c1ccccc1. The molecule has 5 heteroatoms. The number of amides is 1. The minimum absolute atomic E-state index is 0.0213. The smallest absolute Gasteiger partial charge is 0.248 e. The monoisotopic (exact) mass is 522 g/mol. The molecule has 1 fully saturated rings. The standard InChI is InChI=1S/C34H38N2O3/c1-38-25-31-24-35(22-23-36(31)33(27-14-6-2-7-15-27)28-16-8-3-9-17-28)32(37)26-39-34(29-18-10-4-11-19-29)30-20-12-5-13-21-30/h2-4,6-12,14-21,31,33-34H,5,13,22-26H2,1H3. The number of nitrogens with zero attached hydrogens (tertiary/aromatic N) is 2. The van der Waals surface area contributed by atoms with E-state index in [2.05, 4.69) is 95.9 Å². The molecule has 202 valence electrons. The average molecular weight is 523 g/mol. The second-order valence-corrected chi connectivity index (χ2v) is 10.2. The molecule has 39 heavy (non-hydrogen) atoms. The van der Waals surface area contributed by atoms with Gasteiger partial charge in [-0.3, -0.25) is 9.69 Å². The average Bonchev–Trinajstić information content (AvgIpc) is 3.00. The first-order valence-corrected chi connectivity index (χ1v) is 13.9. The van der Waals surface area contributed by atoms with Gasteiger partial charge in [0.15, 0.2) is 0 Å². The van der Waals surface area contributed by atoms with Crippen molar-refractivity contribution in [2.45, 2.75) is 31.0 Å². The zero-order valence-electron chi connectivity index (χ0n) is 22.7. The molecule has 0 radical (unpaired) electrons. The number of carbonyl (C=O) groups excluding carboxylic acids is 1. The molecule has 3 aromatic rings. The molecule has 0 N–H and O–H groups in total. The summed E-state index contributed by atoms with van der Waals surface area (Å²) in [4.78, 5) is 17.9. The lowest BCUT2D eigenvalue weighted by molar-refractivity contribution is -0.141. The third-order valence-electron chi connectivity index (χ3n) is 7.60. The Morgan fingerprint density at radius 3 is 2.03 bits per heavy atom. The first-order valence-electron chi connectivity index (χ1n) is 13.9. The lowest BCUT2D eigenvalue weighted by Gasteiger charge is -2.45. The predicted octanol–water partition coefficient (Wildman–Crippen LogP) is 5.97. The maximum absolute atomic E-state index is 13.5. The van der Waals surface area contributed by atoms with Gasteiger partial charge in [0.25, 0.3) is 0 Å². The third kappa shape index (κ3) is 6.74. The van der Waals surface area contributed by atoms with Crippen LogP contribution in [0.15, 0.2) is 115 Å². The Morgan fingerprint density at radius 2 is 1.46 bits per heavy atom. The highest BCUT2D eigenvalue weighted by Gasteiger charge is 2.35. The fraction of sp³-hybridized carbons (Fsp3) is 0.324. The maximum Gasteiger partial charge on any atom is 0.248 e. The lowest BCUT2D eigenvalue weighted by Crippen LogP contribution is -2.57. The third-order valence-corrected chi connectivity index (χ3v) is 7.60. The van der Waals surface area contributed by atoms with E-state index in [9.17, 15) is 4.79 Å². The van der Waals surface area contributed by atoms with Crippen LogP contribution in [0.5, 0.6) is 0 Å². The summed E-state index contributed by atoms with van der Waals surface area (Å²) in [5, 5.41) is 0. The Hall–Kier alpha value is -3.51. The predicted molar refractivity (Wildman–Crippen MR) is 155 cm³/mol. The van der Waals surface area contributed by atoms with Crippen LogP contribution in [0.3, 0.4) is 0 Å². The highest BCUT2D eigenvalue weighted by molar-refractivity contribution is 5.77. The highest BCUT2D eigenvalue weighted by atomic mass is 16.5. The van der Waals surface area contributed by atoms with Gasteiger partial charge in [-0.05, 0) is 35.1 Å². The molecule has 1 heterocycles. The van der Waals surface area contributed by atoms with Crippen molar-refractivity contribution in [3.05, 3.63) is 131 Å². The summed E-state index contributed by atoms with van der Waals surface area (Å²) >= 11 is 0. The Bertz CT molecular complexity index is 1200. The van der Waals surface area contributed by atoms with E-state index in [1.165, 1.54) is 11.1 Å². The number of hydrogen-bond donors (Lipinski definition) is 0. The van der Waals surface area contributed by atoms with Crippen molar-refractivity contribution in [3.63, 3.8) is 0 Å². The summed E-state index contributed by atoms with van der Waals surface area (Å²) in [6.07, 6.45) is 8.33. The van der Waals surface area contributed by atoms with Gasteiger partial charge in [0.05, 0.1) is 18.7 Å². The molecule has 2 unspecified atom stereocenters. The van der Waals surface area contributed by atoms with Crippen LogP contribution in [0.2, 0.25) is 0 Å². The van der Waals surface area contributed by atoms with E-state index < -0.39 is 0 Å². The summed E-state index contributed by atoms with van der Waals surface area (Å²) in [6.45, 7) is 2.60. The quantitative estimate of drug-likeness (QED) is 0.329. The number of ether oxygens (including phenoxy) is 2. The molecule has 1 saturated heterocycles. The van der Waals surface area contributed by atoms with Crippen molar-refractivity contribution < 1.29 is 14.3 Å². The first-order chi connectivity index (χ1) is 19.2. The van der Waals surface area contributed by atoms with E-state index in [0.29, 0.717) is 19.7 Å². The molecule has 5 nitrogen and oxygen atoms in total. The fourth-order valence-corrected chi connectivity index (χ4v) is 5.71. The molecular weight excluding hydrogens is 484 g/mol. The summed E-state index contributed by atoms with van der Waals surface area (Å²) in [6, 6.07) is 31.5. The van der Waals surface area contributed by atoms with Crippen molar-refractivity contribution in [2.24, 2.45) is 0 Å². The lowest BCUT2D eigenvalue weighted by atomic mass is 9.94. The molecule has 0 aromatic heterocycles. The largest absolute Gasteiger partial charge is 0.383 e. The number of benzene rings is 3. The molecule has 0 bridgehead atoms. The molecule has 3 aromatic carbocycles. The molecule has 5 rings (SSSR count). The minimum Gasteiger partial charge on any atom is -0.383 e. The van der Waals surface area contributed by atoms with Gasteiger partial charge in [-0.2, -0.15) is 0 Å². The van der Waals surface area contributed by atoms with E-state index in [1.54, 1.807) is 7.11 Å². The Morgan fingerprint density at radius 1 is 0.846 bits per heavy atom. The van der Waals surface area contributed by atoms with E-state index in [-0.39, 0.29) is 30.7 Å². The number of hydrogen-bond acceptors (Lipinski definition) is 4. The van der Waals surface area contributed by atoms with Gasteiger partial charge in [-0.25, -0.2) is 0 Å². The van der Waals surface area contributed by atoms with Crippen molar-refractivity contribution in [2.75, 3.05) is 40.0 Å². The molecule has 1 amide bonds. The summed E-state index contributed by atoms with van der Waals surface area (Å²) in [5.74, 6) is 0.0213. The highest BCUT2D eigenvalue weighted by Crippen LogP contribution is 2.33. The molecule has 1 aliphatic heterocycles. The van der Waals surface area contributed by atoms with Crippen LogP contribution in [0.1, 0.15) is 41.7 Å². The van der Waals surface area contributed by atoms with Gasteiger partial charge in [0, 0.05) is 26.7 Å². The molecule has 2 aliphatic rings. The second kappa shape index (κ2) is 13.5. The van der Waals surface area contributed by atoms with Gasteiger partial charge in [0.1, 0.15) is 12.7 Å². The maximum atomic E-state index is 13.5. The summed E-state index contributed by atoms with van der Waals surface area (Å²) in [5.41, 5.74) is 4.68. The topological polar surface area (TPSA) is 42.0 Å². The van der Waals surface area contributed by atoms with Crippen LogP contribution >= 0.6 is 0 Å². The van der Waals surface area contributed by atoms with Crippen LogP contribution in [0.25, 0.3) is 0 Å². The number of methoxy groups -OCH3 is 1. The zero-order chi connectivity index (χ0) is 26.9. The van der Waals surface area contributed by atoms with Gasteiger partial charge >= 0.3 is 0 Å². The summed E-state index contributed by atoms with van der Waals surface area (Å²) in [7, 11) is 1.73. The number of carbonyl (C=O) groups is 1. The Balaban J connectivity index is 1.31. The van der Waals surface area contributed by atoms with Gasteiger partial charge in [-0.1, -0.05) is 109 Å². The second-order valence-electron chi connectivity index (χ2n) is 10.2. The van der Waals surface area contributed by atoms with Crippen LogP contribution in [-0.4, -0.2) is 61.7 Å². The van der Waals surface area contributed by atoms with Gasteiger partial charge < -0.3 is 14.4 Å². The number of rotatable bonds is 10. The number of piperazine rings is 1. The Labute approximate surface area is 232 Å². The molecule has 2 atom stereocenters. The Kier molecular flexibility index (Phi) is 9.38. The van der Waals surface area contributed by atoms with E-state index in [0.717, 1.165) is 30.5 Å². The zero-order valence-corrected chi connectivity index (χ0v) is 22.7. The number of allylic oxidation sites excluding steroid dienone is 2. The van der Waals surface area contributed by atoms with Crippen molar-refractivity contribution in [1.82, 2.24) is 9.80 Å². The first kappa shape index (κ1) is 27.1. The van der Waals surface area contributed by atoms with E-state index in [1.807, 2.05) is 23.1 Å². The van der Waals surface area contributed by atoms with Gasteiger partial charge in [-0.15, -0.1) is 0 Å². The van der Waals surface area contributed by atoms with Crippen LogP contribution in [0, 0.1) is 0 Å². The van der Waals surface area contributed by atoms with E-state index >= 15 is 0 Å². The molecule has 1 aliphatic carbocycles. The van der Waals surface area contributed by atoms with Crippen LogP contribution < -0.4 is 0 Å². The van der Waals surface area contributed by atoms with Crippen molar-refractivity contribution in [3.8, 4) is 0 Å². The summed E-state index contributed by atoms with van der Waals surface area (Å²) < 4.78 is 12.0. The minimum atomic E-state index is -0.247. The van der Waals surface area contributed by atoms with Crippen LogP contribution in [0.4, 0.5) is 0 Å². The van der Waals surface area contributed by atoms with Gasteiger partial charge in [0.2, 0.25) is 5.91 Å².